The van der Waals surface area contributed by atoms with Crippen LogP contribution in [0.4, 0.5) is 17.6 Å². The quantitative estimate of drug-likeness (QED) is 0.0250. The Morgan fingerprint density at radius 1 is 0.460 bits per heavy atom. The van der Waals surface area contributed by atoms with Gasteiger partial charge in [-0.1, -0.05) is 13.8 Å². The minimum Gasteiger partial charge on any atom is -0.420 e. The summed E-state index contributed by atoms with van der Waals surface area (Å²) in [5.41, 5.74) is -0.792. The van der Waals surface area contributed by atoms with Gasteiger partial charge in [-0.2, -0.15) is 4.39 Å². The number of nitrogens with zero attached hydrogens (tertiary/aromatic N) is 1. The van der Waals surface area contributed by atoms with Crippen molar-refractivity contribution in [2.75, 3.05) is 139 Å². The van der Waals surface area contributed by atoms with Crippen LogP contribution < -0.4 is 4.74 Å². The normalized spacial score (nSPS) is 11.6. The number of ether oxygens (including phenoxy) is 10. The summed E-state index contributed by atoms with van der Waals surface area (Å²) >= 11 is 0. The number of benzene rings is 1. The predicted molar refractivity (Wildman–Crippen MR) is 176 cm³/mol. The smallest absolute Gasteiger partial charge is 0.313 e. The van der Waals surface area contributed by atoms with Crippen molar-refractivity contribution in [3.63, 3.8) is 0 Å². The van der Waals surface area contributed by atoms with E-state index in [1.165, 1.54) is 0 Å². The van der Waals surface area contributed by atoms with Crippen LogP contribution in [0, 0.1) is 30.2 Å². The third kappa shape index (κ3) is 22.7. The van der Waals surface area contributed by atoms with Gasteiger partial charge < -0.3 is 47.4 Å². The number of carbonyl (C=O) groups is 1. The highest BCUT2D eigenvalue weighted by atomic mass is 19.2. The fraction of sp³-hybridized carbons (Fsp3) is 0.794. The summed E-state index contributed by atoms with van der Waals surface area (Å²) in [6.45, 7) is 15.3. The van der Waals surface area contributed by atoms with Gasteiger partial charge in [0, 0.05) is 38.4 Å². The molecule has 0 fully saturated rings. The van der Waals surface area contributed by atoms with Gasteiger partial charge in [0.2, 0.25) is 11.6 Å². The van der Waals surface area contributed by atoms with E-state index in [9.17, 15) is 22.4 Å². The highest BCUT2D eigenvalue weighted by molar-refractivity contribution is 5.72. The second-order valence-corrected chi connectivity index (χ2v) is 10.8. The molecule has 0 unspecified atom stereocenters. The van der Waals surface area contributed by atoms with E-state index in [1.54, 1.807) is 0 Å². The van der Waals surface area contributed by atoms with Gasteiger partial charge in [-0.3, -0.25) is 9.69 Å². The van der Waals surface area contributed by atoms with Crippen molar-refractivity contribution in [1.82, 2.24) is 4.90 Å². The van der Waals surface area contributed by atoms with E-state index in [0.717, 1.165) is 33.0 Å². The van der Waals surface area contributed by atoms with Gasteiger partial charge in [0.1, 0.15) is 0 Å². The summed E-state index contributed by atoms with van der Waals surface area (Å²) in [5, 5.41) is 0. The third-order valence-electron chi connectivity index (χ3n) is 6.69. The Hall–Kier alpha value is -1.99. The van der Waals surface area contributed by atoms with E-state index >= 15 is 0 Å². The van der Waals surface area contributed by atoms with Gasteiger partial charge in [-0.05, 0) is 19.8 Å². The molecule has 0 aliphatic rings. The maximum absolute atomic E-state index is 14.0. The summed E-state index contributed by atoms with van der Waals surface area (Å²) in [6, 6.07) is 0. The lowest BCUT2D eigenvalue weighted by Crippen LogP contribution is -2.34. The molecule has 0 heterocycles. The van der Waals surface area contributed by atoms with E-state index < -0.39 is 40.6 Å². The Morgan fingerprint density at radius 2 is 0.800 bits per heavy atom. The van der Waals surface area contributed by atoms with Gasteiger partial charge in [-0.25, -0.2) is 13.2 Å². The molecule has 0 aliphatic heterocycles. The Balaban J connectivity index is 2.18. The standard InChI is InChI=1S/C34H57F4NO11/c1-4-10-41-16-22-47-25-19-44-13-7-39(8-14-45-20-26-48-23-17-42-11-5-2)9-15-46-21-27-49-24-18-43-12-6-29(40)50-34-31(36)28(3)30(35)32(37)33(34)38/h4-27H2,1-3H3. The number of hydrogen-bond donors (Lipinski definition) is 0. The Morgan fingerprint density at radius 3 is 1.18 bits per heavy atom. The molecular formula is C34H57F4NO11. The van der Waals surface area contributed by atoms with Crippen LogP contribution in [0.5, 0.6) is 5.75 Å². The van der Waals surface area contributed by atoms with E-state index in [0.29, 0.717) is 106 Å². The maximum atomic E-state index is 14.0. The molecule has 0 radical (unpaired) electrons. The Kier molecular flexibility index (Phi) is 29.2. The summed E-state index contributed by atoms with van der Waals surface area (Å²) in [6.07, 6.45) is 1.60. The second-order valence-electron chi connectivity index (χ2n) is 10.8. The fourth-order valence-electron chi connectivity index (χ4n) is 3.96. The number of rotatable bonds is 35. The molecule has 292 valence electrons. The molecule has 12 nitrogen and oxygen atoms in total. The van der Waals surface area contributed by atoms with Crippen molar-refractivity contribution in [2.45, 2.75) is 40.0 Å². The molecule has 1 aromatic rings. The van der Waals surface area contributed by atoms with Crippen LogP contribution in [0.2, 0.25) is 0 Å². The first kappa shape index (κ1) is 46.0. The number of hydrogen-bond acceptors (Lipinski definition) is 12. The summed E-state index contributed by atoms with van der Waals surface area (Å²) in [4.78, 5) is 14.1. The van der Waals surface area contributed by atoms with Gasteiger partial charge in [0.15, 0.2) is 17.5 Å². The molecule has 0 aromatic heterocycles. The van der Waals surface area contributed by atoms with Crippen LogP contribution in [-0.2, 0) is 47.4 Å². The van der Waals surface area contributed by atoms with Crippen LogP contribution in [0.15, 0.2) is 0 Å². The highest BCUT2D eigenvalue weighted by Crippen LogP contribution is 2.29. The van der Waals surface area contributed by atoms with Crippen molar-refractivity contribution in [3.05, 3.63) is 28.8 Å². The largest absolute Gasteiger partial charge is 0.420 e. The zero-order valence-corrected chi connectivity index (χ0v) is 29.9. The van der Waals surface area contributed by atoms with Gasteiger partial charge >= 0.3 is 5.97 Å². The van der Waals surface area contributed by atoms with Crippen molar-refractivity contribution < 1.29 is 69.7 Å². The maximum Gasteiger partial charge on any atom is 0.313 e. The molecule has 0 saturated heterocycles. The molecule has 0 amide bonds. The molecule has 0 N–H and O–H groups in total. The van der Waals surface area contributed by atoms with Crippen LogP contribution in [0.1, 0.15) is 38.7 Å². The zero-order chi connectivity index (χ0) is 36.7. The minimum atomic E-state index is -1.92. The molecule has 0 aliphatic carbocycles. The van der Waals surface area contributed by atoms with Crippen molar-refractivity contribution in [2.24, 2.45) is 0 Å². The molecule has 0 bridgehead atoms. The van der Waals surface area contributed by atoms with E-state index in [-0.39, 0.29) is 26.2 Å². The van der Waals surface area contributed by atoms with Crippen LogP contribution >= 0.6 is 0 Å². The van der Waals surface area contributed by atoms with Crippen LogP contribution in [0.3, 0.4) is 0 Å². The number of carbonyl (C=O) groups excluding carboxylic acids is 1. The van der Waals surface area contributed by atoms with E-state index in [4.69, 9.17) is 42.6 Å². The van der Waals surface area contributed by atoms with Crippen LogP contribution in [0.25, 0.3) is 0 Å². The first-order chi connectivity index (χ1) is 24.3. The topological polar surface area (TPSA) is 113 Å². The average molecular weight is 732 g/mol. The lowest BCUT2D eigenvalue weighted by molar-refractivity contribution is -0.136. The molecule has 0 atom stereocenters. The molecular weight excluding hydrogens is 674 g/mol. The molecule has 1 rings (SSSR count). The average Bonchev–Trinajstić information content (AvgIpc) is 3.11. The Bertz CT molecular complexity index is 944. The molecule has 0 spiro atoms. The lowest BCUT2D eigenvalue weighted by Gasteiger charge is -2.22. The molecule has 50 heavy (non-hydrogen) atoms. The summed E-state index contributed by atoms with van der Waals surface area (Å²) in [5.74, 6) is -9.33. The van der Waals surface area contributed by atoms with Crippen molar-refractivity contribution in [3.8, 4) is 5.75 Å². The predicted octanol–water partition coefficient (Wildman–Crippen LogP) is 4.12. The Labute approximate surface area is 293 Å². The first-order valence-electron chi connectivity index (χ1n) is 17.3. The third-order valence-corrected chi connectivity index (χ3v) is 6.69. The van der Waals surface area contributed by atoms with Crippen molar-refractivity contribution in [1.29, 1.82) is 0 Å². The zero-order valence-electron chi connectivity index (χ0n) is 29.9. The first-order valence-corrected chi connectivity index (χ1v) is 17.3. The van der Waals surface area contributed by atoms with E-state index in [1.807, 2.05) is 0 Å². The molecule has 16 heteroatoms. The molecule has 1 aromatic carbocycles. The van der Waals surface area contributed by atoms with E-state index in [2.05, 4.69) is 23.5 Å². The SMILES string of the molecule is CCCOCCOCCOCCN(CCOCCOCCOCCC)CCOCCOCCOCCC(=O)Oc1c(F)c(C)c(F)c(F)c1F. The minimum absolute atomic E-state index is 0.129. The highest BCUT2D eigenvalue weighted by Gasteiger charge is 2.26. The van der Waals surface area contributed by atoms with Gasteiger partial charge in [0.05, 0.1) is 112 Å². The summed E-state index contributed by atoms with van der Waals surface area (Å²) in [7, 11) is 0. The van der Waals surface area contributed by atoms with Gasteiger partial charge in [0.25, 0.3) is 0 Å². The van der Waals surface area contributed by atoms with Gasteiger partial charge in [-0.15, -0.1) is 0 Å². The second kappa shape index (κ2) is 31.7. The number of halogens is 4. The molecule has 0 saturated carbocycles. The van der Waals surface area contributed by atoms with Crippen molar-refractivity contribution >= 4 is 5.97 Å². The lowest BCUT2D eigenvalue weighted by atomic mass is 10.2. The fourth-order valence-corrected chi connectivity index (χ4v) is 3.96. The number of esters is 1. The van der Waals surface area contributed by atoms with Crippen LogP contribution in [-0.4, -0.2) is 149 Å². The monoisotopic (exact) mass is 731 g/mol. The summed E-state index contributed by atoms with van der Waals surface area (Å²) < 4.78 is 109.